The Morgan fingerprint density at radius 3 is 2.69 bits per heavy atom. The van der Waals surface area contributed by atoms with Gasteiger partial charge in [-0.2, -0.15) is 0 Å². The van der Waals surface area contributed by atoms with Crippen LogP contribution in [-0.4, -0.2) is 9.97 Å². The number of hydrogen-bond acceptors (Lipinski definition) is 1. The summed E-state index contributed by atoms with van der Waals surface area (Å²) in [5.74, 6) is 0. The molecule has 5 heteroatoms. The molecule has 0 bridgehead atoms. The van der Waals surface area contributed by atoms with Crippen molar-refractivity contribution in [3.63, 3.8) is 0 Å². The van der Waals surface area contributed by atoms with Crippen LogP contribution in [0.5, 0.6) is 0 Å². The first kappa shape index (κ1) is 11.9. The lowest BCUT2D eigenvalue weighted by molar-refractivity contribution is 1.35. The molecular weight excluding hydrogens is 355 g/mol. The zero-order chi connectivity index (χ0) is 10.4. The van der Waals surface area contributed by atoms with E-state index in [1.165, 1.54) is 10.8 Å². The molecule has 0 aliphatic carbocycles. The molecule has 0 amide bonds. The van der Waals surface area contributed by atoms with Crippen molar-refractivity contribution in [2.45, 2.75) is 0 Å². The minimum atomic E-state index is 0. The van der Waals surface area contributed by atoms with Crippen molar-refractivity contribution in [2.24, 2.45) is 0 Å². The molecule has 2 aromatic heterocycles. The van der Waals surface area contributed by atoms with E-state index in [4.69, 9.17) is 0 Å². The van der Waals surface area contributed by atoms with Gasteiger partial charge in [0, 0.05) is 21.4 Å². The Hall–Kier alpha value is -0.580. The van der Waals surface area contributed by atoms with Crippen LogP contribution < -0.4 is 0 Å². The Labute approximate surface area is 115 Å². The summed E-state index contributed by atoms with van der Waals surface area (Å²) in [4.78, 5) is 7.45. The fraction of sp³-hybridized carbons (Fsp3) is 0. The summed E-state index contributed by atoms with van der Waals surface area (Å²) in [6.45, 7) is 0. The van der Waals surface area contributed by atoms with Gasteiger partial charge in [-0.15, -0.1) is 12.4 Å². The lowest BCUT2D eigenvalue weighted by Gasteiger charge is -1.96. The molecule has 0 aliphatic heterocycles. The van der Waals surface area contributed by atoms with Crippen LogP contribution in [0.3, 0.4) is 0 Å². The second kappa shape index (κ2) is 4.35. The second-order valence-corrected chi connectivity index (χ2v) is 4.98. The highest BCUT2D eigenvalue weighted by atomic mass is 79.9. The van der Waals surface area contributed by atoms with E-state index < -0.39 is 0 Å². The number of benzene rings is 1. The SMILES string of the molecule is Brc1ccc2c([nH]c3cnccc32)c1Br.Cl. The Bertz CT molecular complexity index is 663. The summed E-state index contributed by atoms with van der Waals surface area (Å²) in [5, 5.41) is 2.41. The van der Waals surface area contributed by atoms with Crippen LogP contribution in [0.15, 0.2) is 39.5 Å². The topological polar surface area (TPSA) is 28.7 Å². The van der Waals surface area contributed by atoms with Crippen molar-refractivity contribution < 1.29 is 0 Å². The van der Waals surface area contributed by atoms with E-state index in [0.29, 0.717) is 0 Å². The molecule has 2 nitrogen and oxygen atoms in total. The van der Waals surface area contributed by atoms with Gasteiger partial charge in [-0.25, -0.2) is 0 Å². The van der Waals surface area contributed by atoms with Gasteiger partial charge in [-0.1, -0.05) is 6.07 Å². The van der Waals surface area contributed by atoms with Crippen molar-refractivity contribution in [3.8, 4) is 0 Å². The van der Waals surface area contributed by atoms with Crippen LogP contribution in [0.1, 0.15) is 0 Å². The predicted molar refractivity (Wildman–Crippen MR) is 76.2 cm³/mol. The highest BCUT2D eigenvalue weighted by molar-refractivity contribution is 9.13. The Morgan fingerprint density at radius 2 is 1.88 bits per heavy atom. The van der Waals surface area contributed by atoms with Gasteiger partial charge < -0.3 is 4.98 Å². The van der Waals surface area contributed by atoms with Crippen LogP contribution in [0.4, 0.5) is 0 Å². The number of H-pyrrole nitrogens is 1. The molecule has 16 heavy (non-hydrogen) atoms. The summed E-state index contributed by atoms with van der Waals surface area (Å²) >= 11 is 7.05. The first-order valence-electron chi connectivity index (χ1n) is 4.47. The number of hydrogen-bond donors (Lipinski definition) is 1. The Kier molecular flexibility index (Phi) is 3.24. The van der Waals surface area contributed by atoms with Crippen LogP contribution in [0, 0.1) is 0 Å². The van der Waals surface area contributed by atoms with Gasteiger partial charge in [-0.05, 0) is 44.0 Å². The van der Waals surface area contributed by atoms with Crippen molar-refractivity contribution in [1.29, 1.82) is 0 Å². The number of aromatic nitrogens is 2. The summed E-state index contributed by atoms with van der Waals surface area (Å²) in [6, 6.07) is 6.16. The lowest BCUT2D eigenvalue weighted by Crippen LogP contribution is -1.72. The maximum atomic E-state index is 4.10. The van der Waals surface area contributed by atoms with Crippen LogP contribution in [-0.2, 0) is 0 Å². The third-order valence-corrected chi connectivity index (χ3v) is 4.48. The molecule has 3 rings (SSSR count). The quantitative estimate of drug-likeness (QED) is 0.619. The van der Waals surface area contributed by atoms with Gasteiger partial charge in [0.15, 0.2) is 0 Å². The molecule has 0 atom stereocenters. The van der Waals surface area contributed by atoms with Gasteiger partial charge in [0.2, 0.25) is 0 Å². The van der Waals surface area contributed by atoms with Crippen molar-refractivity contribution in [2.75, 3.05) is 0 Å². The Morgan fingerprint density at radius 1 is 1.06 bits per heavy atom. The third-order valence-electron chi connectivity index (χ3n) is 2.47. The predicted octanol–water partition coefficient (Wildman–Crippen LogP) is 4.66. The second-order valence-electron chi connectivity index (χ2n) is 3.33. The van der Waals surface area contributed by atoms with E-state index in [1.807, 2.05) is 24.5 Å². The molecule has 1 N–H and O–H groups in total. The molecule has 3 aromatic rings. The molecule has 0 saturated heterocycles. The average Bonchev–Trinajstić information content (AvgIpc) is 2.63. The highest BCUT2D eigenvalue weighted by Gasteiger charge is 2.08. The maximum Gasteiger partial charge on any atom is 0.0651 e. The summed E-state index contributed by atoms with van der Waals surface area (Å²) < 4.78 is 2.10. The van der Waals surface area contributed by atoms with Gasteiger partial charge in [0.1, 0.15) is 0 Å². The summed E-state index contributed by atoms with van der Waals surface area (Å²) in [7, 11) is 0. The summed E-state index contributed by atoms with van der Waals surface area (Å²) in [6.07, 6.45) is 3.65. The molecule has 0 unspecified atom stereocenters. The smallest absolute Gasteiger partial charge is 0.0651 e. The van der Waals surface area contributed by atoms with Crippen LogP contribution in [0.25, 0.3) is 21.8 Å². The minimum absolute atomic E-state index is 0. The number of aromatic amines is 1. The van der Waals surface area contributed by atoms with E-state index in [0.717, 1.165) is 20.0 Å². The van der Waals surface area contributed by atoms with Gasteiger partial charge in [0.05, 0.1) is 21.7 Å². The highest BCUT2D eigenvalue weighted by Crippen LogP contribution is 2.34. The largest absolute Gasteiger partial charge is 0.352 e. The number of nitrogens with zero attached hydrogens (tertiary/aromatic N) is 1. The molecule has 0 radical (unpaired) electrons. The monoisotopic (exact) mass is 360 g/mol. The van der Waals surface area contributed by atoms with Crippen molar-refractivity contribution >= 4 is 66.1 Å². The fourth-order valence-corrected chi connectivity index (χ4v) is 2.54. The maximum absolute atomic E-state index is 4.10. The number of fused-ring (bicyclic) bond motifs is 3. The lowest BCUT2D eigenvalue weighted by atomic mass is 10.2. The normalized spacial score (nSPS) is 10.6. The fourth-order valence-electron chi connectivity index (χ4n) is 1.76. The standard InChI is InChI=1S/C11H6Br2N2.ClH/c12-8-2-1-7-6-3-4-14-5-9(6)15-11(7)10(8)13;/h1-5,15H;1H. The number of rotatable bonds is 0. The van der Waals surface area contributed by atoms with Gasteiger partial charge in [-0.3, -0.25) is 4.98 Å². The Balaban J connectivity index is 0.000000963. The molecule has 0 spiro atoms. The number of pyridine rings is 1. The summed E-state index contributed by atoms with van der Waals surface area (Å²) in [5.41, 5.74) is 2.17. The van der Waals surface area contributed by atoms with E-state index >= 15 is 0 Å². The van der Waals surface area contributed by atoms with Crippen molar-refractivity contribution in [3.05, 3.63) is 39.5 Å². The van der Waals surface area contributed by atoms with Crippen molar-refractivity contribution in [1.82, 2.24) is 9.97 Å². The molecule has 1 aromatic carbocycles. The molecular formula is C11H7Br2ClN2. The molecule has 82 valence electrons. The first-order chi connectivity index (χ1) is 7.27. The zero-order valence-electron chi connectivity index (χ0n) is 8.00. The third kappa shape index (κ3) is 1.65. The minimum Gasteiger partial charge on any atom is -0.352 e. The molecule has 2 heterocycles. The molecule has 0 aliphatic rings. The van der Waals surface area contributed by atoms with E-state index in [9.17, 15) is 0 Å². The van der Waals surface area contributed by atoms with E-state index in [-0.39, 0.29) is 12.4 Å². The number of nitrogens with one attached hydrogen (secondary N) is 1. The number of halogens is 3. The average molecular weight is 362 g/mol. The van der Waals surface area contributed by atoms with Gasteiger partial charge in [0.25, 0.3) is 0 Å². The first-order valence-corrected chi connectivity index (χ1v) is 6.05. The van der Waals surface area contributed by atoms with Gasteiger partial charge >= 0.3 is 0 Å². The molecule has 0 fully saturated rings. The van der Waals surface area contributed by atoms with Crippen LogP contribution in [0.2, 0.25) is 0 Å². The van der Waals surface area contributed by atoms with E-state index in [2.05, 4.69) is 47.9 Å². The van der Waals surface area contributed by atoms with E-state index in [1.54, 1.807) is 0 Å². The zero-order valence-corrected chi connectivity index (χ0v) is 12.0. The molecule has 0 saturated carbocycles. The van der Waals surface area contributed by atoms with Crippen LogP contribution >= 0.6 is 44.3 Å².